The molecule has 1 atom stereocenters. The molecule has 1 aromatic rings. The number of hydrogen-bond acceptors (Lipinski definition) is 3. The molecule has 1 heterocycles. The molecule has 0 fully saturated rings. The number of anilines is 1. The quantitative estimate of drug-likeness (QED) is 0.894. The van der Waals surface area contributed by atoms with Crippen molar-refractivity contribution in [2.75, 3.05) is 23.7 Å². The Balaban J connectivity index is 2.33. The van der Waals surface area contributed by atoms with Gasteiger partial charge < -0.3 is 10.6 Å². The summed E-state index contributed by atoms with van der Waals surface area (Å²) in [7, 11) is 0. The second-order valence-corrected chi connectivity index (χ2v) is 6.15. The third-order valence-electron chi connectivity index (χ3n) is 3.42. The van der Waals surface area contributed by atoms with E-state index in [9.17, 15) is 0 Å². The molecule has 3 heteroatoms. The number of benzene rings is 1. The van der Waals surface area contributed by atoms with Crippen molar-refractivity contribution in [1.29, 1.82) is 0 Å². The van der Waals surface area contributed by atoms with Crippen LogP contribution in [0.3, 0.4) is 0 Å². The molecule has 2 N–H and O–H groups in total. The fourth-order valence-electron chi connectivity index (χ4n) is 2.20. The molecule has 17 heavy (non-hydrogen) atoms. The molecule has 0 bridgehead atoms. The SMILES string of the molecule is CC(C)c1ccc2c(c1)SCCN2C(C)CN. The van der Waals surface area contributed by atoms with Crippen molar-refractivity contribution in [1.82, 2.24) is 0 Å². The maximum absolute atomic E-state index is 5.79. The summed E-state index contributed by atoms with van der Waals surface area (Å²) in [4.78, 5) is 3.86. The molecule has 0 saturated carbocycles. The Morgan fingerprint density at radius 1 is 1.35 bits per heavy atom. The Morgan fingerprint density at radius 2 is 2.12 bits per heavy atom. The number of hydrogen-bond donors (Lipinski definition) is 1. The zero-order chi connectivity index (χ0) is 12.4. The number of fused-ring (bicyclic) bond motifs is 1. The largest absolute Gasteiger partial charge is 0.366 e. The van der Waals surface area contributed by atoms with Crippen LogP contribution in [0.2, 0.25) is 0 Å². The lowest BCUT2D eigenvalue weighted by Gasteiger charge is -2.35. The van der Waals surface area contributed by atoms with Crippen LogP contribution in [0.5, 0.6) is 0 Å². The minimum absolute atomic E-state index is 0.430. The van der Waals surface area contributed by atoms with E-state index >= 15 is 0 Å². The molecule has 2 nitrogen and oxygen atoms in total. The van der Waals surface area contributed by atoms with Gasteiger partial charge >= 0.3 is 0 Å². The van der Waals surface area contributed by atoms with Crippen molar-refractivity contribution >= 4 is 17.4 Å². The molecule has 1 unspecified atom stereocenters. The standard InChI is InChI=1S/C14H22N2S/c1-10(2)12-4-5-13-14(8-12)17-7-6-16(13)11(3)9-15/h4-5,8,10-11H,6-7,9,15H2,1-3H3. The summed E-state index contributed by atoms with van der Waals surface area (Å²) in [6, 6.07) is 7.30. The molecule has 0 saturated heterocycles. The molecule has 1 aromatic carbocycles. The maximum atomic E-state index is 5.79. The molecule has 1 aliphatic heterocycles. The highest BCUT2D eigenvalue weighted by molar-refractivity contribution is 7.99. The first-order valence-electron chi connectivity index (χ1n) is 6.37. The van der Waals surface area contributed by atoms with Crippen molar-refractivity contribution < 1.29 is 0 Å². The summed E-state index contributed by atoms with van der Waals surface area (Å²) in [5.41, 5.74) is 8.58. The van der Waals surface area contributed by atoms with Gasteiger partial charge in [-0.1, -0.05) is 19.9 Å². The molecule has 0 aliphatic carbocycles. The first-order valence-corrected chi connectivity index (χ1v) is 7.35. The second-order valence-electron chi connectivity index (χ2n) is 5.01. The third-order valence-corrected chi connectivity index (χ3v) is 4.45. The van der Waals surface area contributed by atoms with Gasteiger partial charge in [0.2, 0.25) is 0 Å². The Hall–Kier alpha value is -0.670. The molecule has 0 amide bonds. The van der Waals surface area contributed by atoms with Gasteiger partial charge in [0.15, 0.2) is 0 Å². The van der Waals surface area contributed by atoms with E-state index in [0.717, 1.165) is 13.1 Å². The number of nitrogens with zero attached hydrogens (tertiary/aromatic N) is 1. The summed E-state index contributed by atoms with van der Waals surface area (Å²) < 4.78 is 0. The monoisotopic (exact) mass is 250 g/mol. The van der Waals surface area contributed by atoms with E-state index in [2.05, 4.69) is 43.9 Å². The van der Waals surface area contributed by atoms with E-state index in [0.29, 0.717) is 12.0 Å². The Morgan fingerprint density at radius 3 is 2.76 bits per heavy atom. The average molecular weight is 250 g/mol. The van der Waals surface area contributed by atoms with E-state index in [1.165, 1.54) is 21.9 Å². The van der Waals surface area contributed by atoms with Gasteiger partial charge in [-0.3, -0.25) is 0 Å². The highest BCUT2D eigenvalue weighted by Crippen LogP contribution is 2.37. The van der Waals surface area contributed by atoms with Gasteiger partial charge in [0.25, 0.3) is 0 Å². The predicted octanol–water partition coefficient (Wildman–Crippen LogP) is 3.07. The second kappa shape index (κ2) is 5.32. The number of rotatable bonds is 3. The van der Waals surface area contributed by atoms with Crippen LogP contribution in [-0.2, 0) is 0 Å². The van der Waals surface area contributed by atoms with E-state index < -0.39 is 0 Å². The molecule has 0 radical (unpaired) electrons. The zero-order valence-electron chi connectivity index (χ0n) is 10.9. The van der Waals surface area contributed by atoms with Crippen LogP contribution in [0.1, 0.15) is 32.3 Å². The van der Waals surface area contributed by atoms with Crippen molar-refractivity contribution in [3.63, 3.8) is 0 Å². The minimum atomic E-state index is 0.430. The lowest BCUT2D eigenvalue weighted by atomic mass is 10.0. The molecule has 0 aromatic heterocycles. The van der Waals surface area contributed by atoms with Crippen LogP contribution < -0.4 is 10.6 Å². The summed E-state index contributed by atoms with van der Waals surface area (Å²) in [6.07, 6.45) is 0. The van der Waals surface area contributed by atoms with Crippen LogP contribution in [0.25, 0.3) is 0 Å². The summed E-state index contributed by atoms with van der Waals surface area (Å²) >= 11 is 1.97. The van der Waals surface area contributed by atoms with E-state index in [1.54, 1.807) is 0 Å². The fraction of sp³-hybridized carbons (Fsp3) is 0.571. The van der Waals surface area contributed by atoms with Gasteiger partial charge in [-0.15, -0.1) is 11.8 Å². The first-order chi connectivity index (χ1) is 8.13. The smallest absolute Gasteiger partial charge is 0.0507 e. The molecule has 94 valence electrons. The van der Waals surface area contributed by atoms with Gasteiger partial charge in [-0.05, 0) is 30.5 Å². The minimum Gasteiger partial charge on any atom is -0.366 e. The van der Waals surface area contributed by atoms with Gasteiger partial charge in [0, 0.05) is 29.8 Å². The van der Waals surface area contributed by atoms with Crippen LogP contribution in [0.15, 0.2) is 23.1 Å². The van der Waals surface area contributed by atoms with Crippen LogP contribution in [0.4, 0.5) is 5.69 Å². The highest BCUT2D eigenvalue weighted by Gasteiger charge is 2.21. The van der Waals surface area contributed by atoms with Crippen molar-refractivity contribution in [2.45, 2.75) is 37.6 Å². The van der Waals surface area contributed by atoms with Crippen molar-refractivity contribution in [3.8, 4) is 0 Å². The molecule has 1 aliphatic rings. The lowest BCUT2D eigenvalue weighted by molar-refractivity contribution is 0.650. The van der Waals surface area contributed by atoms with Crippen molar-refractivity contribution in [3.05, 3.63) is 23.8 Å². The Bertz CT molecular complexity index is 390. The van der Waals surface area contributed by atoms with Crippen LogP contribution >= 0.6 is 11.8 Å². The summed E-state index contributed by atoms with van der Waals surface area (Å²) in [6.45, 7) is 8.52. The van der Waals surface area contributed by atoms with E-state index in [-0.39, 0.29) is 0 Å². The Kier molecular flexibility index (Phi) is 4.00. The Labute approximate surface area is 109 Å². The van der Waals surface area contributed by atoms with Gasteiger partial charge in [-0.2, -0.15) is 0 Å². The maximum Gasteiger partial charge on any atom is 0.0507 e. The first kappa shape index (κ1) is 12.8. The molecule has 0 spiro atoms. The fourth-order valence-corrected chi connectivity index (χ4v) is 3.26. The average Bonchev–Trinajstić information content (AvgIpc) is 2.36. The number of nitrogens with two attached hydrogens (primary N) is 1. The highest BCUT2D eigenvalue weighted by atomic mass is 32.2. The summed E-state index contributed by atoms with van der Waals surface area (Å²) in [5.74, 6) is 1.77. The number of thioether (sulfide) groups is 1. The lowest BCUT2D eigenvalue weighted by Crippen LogP contribution is -2.41. The molecular formula is C14H22N2S. The topological polar surface area (TPSA) is 29.3 Å². The normalized spacial score (nSPS) is 17.1. The molecule has 2 rings (SSSR count). The van der Waals surface area contributed by atoms with Gasteiger partial charge in [0.05, 0.1) is 5.69 Å². The van der Waals surface area contributed by atoms with Crippen LogP contribution in [-0.4, -0.2) is 24.9 Å². The van der Waals surface area contributed by atoms with Crippen LogP contribution in [0, 0.1) is 0 Å². The van der Waals surface area contributed by atoms with E-state index in [4.69, 9.17) is 5.73 Å². The van der Waals surface area contributed by atoms with Gasteiger partial charge in [-0.25, -0.2) is 0 Å². The van der Waals surface area contributed by atoms with Crippen molar-refractivity contribution in [2.24, 2.45) is 5.73 Å². The predicted molar refractivity (Wildman–Crippen MR) is 77.1 cm³/mol. The molecular weight excluding hydrogens is 228 g/mol. The third kappa shape index (κ3) is 2.61. The van der Waals surface area contributed by atoms with Gasteiger partial charge in [0.1, 0.15) is 0 Å². The van der Waals surface area contributed by atoms with E-state index in [1.807, 2.05) is 11.8 Å². The zero-order valence-corrected chi connectivity index (χ0v) is 11.8. The summed E-state index contributed by atoms with van der Waals surface area (Å²) in [5, 5.41) is 0.